The van der Waals surface area contributed by atoms with Gasteiger partial charge in [0.15, 0.2) is 5.96 Å². The molecule has 4 nitrogen and oxygen atoms in total. The molecule has 0 aliphatic heterocycles. The molecular formula is C15H31AcN4-. The van der Waals surface area contributed by atoms with Crippen molar-refractivity contribution in [2.24, 2.45) is 34.2 Å². The summed E-state index contributed by atoms with van der Waals surface area (Å²) in [4.78, 5) is 4.38. The van der Waals surface area contributed by atoms with Gasteiger partial charge in [0.2, 0.25) is 0 Å². The van der Waals surface area contributed by atoms with Gasteiger partial charge in [-0.2, -0.15) is 0 Å². The van der Waals surface area contributed by atoms with Crippen molar-refractivity contribution in [2.45, 2.75) is 71.4 Å². The van der Waals surface area contributed by atoms with Crippen LogP contribution in [0.3, 0.4) is 0 Å². The molecular weight excluding hydrogens is 463 g/mol. The number of nitrogens with two attached hydrogens (primary N) is 2. The maximum absolute atomic E-state index is 8.65. The summed E-state index contributed by atoms with van der Waals surface area (Å²) < 4.78 is 0. The van der Waals surface area contributed by atoms with E-state index in [1.807, 2.05) is 0 Å². The Morgan fingerprint density at radius 1 is 1.20 bits per heavy atom. The Hall–Kier alpha value is 0.672. The van der Waals surface area contributed by atoms with Crippen LogP contribution < -0.4 is 11.5 Å². The normalized spacial score (nSPS) is 27.1. The Morgan fingerprint density at radius 3 is 2.20 bits per heavy atom. The van der Waals surface area contributed by atoms with Crippen LogP contribution in [0, 0.1) is 61.8 Å². The number of aliphatic imine (C=N–C) groups is 1. The molecule has 20 heavy (non-hydrogen) atoms. The van der Waals surface area contributed by atoms with E-state index in [-0.39, 0.29) is 62.1 Å². The average molecular weight is 494 g/mol. The number of hydrogen-bond acceptors (Lipinski definition) is 1. The zero-order valence-electron chi connectivity index (χ0n) is 13.3. The zero-order valence-corrected chi connectivity index (χ0v) is 18.1. The van der Waals surface area contributed by atoms with E-state index in [1.165, 1.54) is 0 Å². The van der Waals surface area contributed by atoms with Crippen LogP contribution in [0.15, 0.2) is 4.99 Å². The van der Waals surface area contributed by atoms with Crippen LogP contribution in [0.25, 0.3) is 5.73 Å². The van der Waals surface area contributed by atoms with E-state index in [0.29, 0.717) is 17.8 Å². The zero-order chi connectivity index (χ0) is 14.4. The van der Waals surface area contributed by atoms with Crippen molar-refractivity contribution in [3.63, 3.8) is 0 Å². The van der Waals surface area contributed by atoms with E-state index in [1.54, 1.807) is 0 Å². The Bertz CT molecular complexity index is 286. The molecule has 0 heterocycles. The molecule has 0 spiro atoms. The van der Waals surface area contributed by atoms with Gasteiger partial charge in [-0.05, 0) is 24.7 Å². The predicted molar refractivity (Wildman–Crippen MR) is 82.9 cm³/mol. The first kappa shape index (κ1) is 20.7. The van der Waals surface area contributed by atoms with Gasteiger partial charge >= 0.3 is 0 Å². The molecule has 1 rings (SSSR count). The number of hydrogen-bond donors (Lipinski definition) is 2. The molecule has 1 fully saturated rings. The minimum Gasteiger partial charge on any atom is -0.674 e. The molecule has 0 bridgehead atoms. The first-order valence-corrected chi connectivity index (χ1v) is 7.79. The van der Waals surface area contributed by atoms with E-state index >= 15 is 0 Å². The van der Waals surface area contributed by atoms with Crippen molar-refractivity contribution in [1.82, 2.24) is 0 Å². The standard InChI is InChI=1S/C15H31N4.Ac/c1-4-6-11(7-5-2)14(16)12-8-10(3)9-13(12)19-15(17)18;/h10-14,16H,4-9H2,1-3H3,(H4,17,18,19);/q-1;/t10-,12-,13-,14?;/m1./s1. The van der Waals surface area contributed by atoms with Crippen molar-refractivity contribution in [3.05, 3.63) is 5.73 Å². The summed E-state index contributed by atoms with van der Waals surface area (Å²) >= 11 is 0. The first-order chi connectivity index (χ1) is 8.99. The summed E-state index contributed by atoms with van der Waals surface area (Å²) in [5.41, 5.74) is 19.7. The number of nitrogens with zero attached hydrogens (tertiary/aromatic N) is 1. The van der Waals surface area contributed by atoms with Gasteiger partial charge in [0.25, 0.3) is 0 Å². The molecule has 0 saturated heterocycles. The van der Waals surface area contributed by atoms with Gasteiger partial charge < -0.3 is 17.2 Å². The smallest absolute Gasteiger partial charge is 0.186 e. The molecule has 5 heteroatoms. The van der Waals surface area contributed by atoms with Crippen LogP contribution in [0.1, 0.15) is 59.3 Å². The third-order valence-corrected chi connectivity index (χ3v) is 4.42. The van der Waals surface area contributed by atoms with Crippen molar-refractivity contribution in [2.75, 3.05) is 0 Å². The molecule has 0 aromatic carbocycles. The summed E-state index contributed by atoms with van der Waals surface area (Å²) in [6, 6.07) is 0.150. The van der Waals surface area contributed by atoms with Crippen molar-refractivity contribution in [1.29, 1.82) is 0 Å². The van der Waals surface area contributed by atoms with Gasteiger partial charge in [-0.3, -0.25) is 4.99 Å². The molecule has 0 aromatic rings. The monoisotopic (exact) mass is 494 g/mol. The van der Waals surface area contributed by atoms with Crippen LogP contribution >= 0.6 is 0 Å². The van der Waals surface area contributed by atoms with Gasteiger partial charge in [0.05, 0.1) is 6.04 Å². The average Bonchev–Trinajstić information content (AvgIpc) is 2.68. The van der Waals surface area contributed by atoms with E-state index < -0.39 is 0 Å². The summed E-state index contributed by atoms with van der Waals surface area (Å²) in [6.07, 6.45) is 6.76. The molecule has 0 amide bonds. The quantitative estimate of drug-likeness (QED) is 0.420. The molecule has 0 aromatic heterocycles. The van der Waals surface area contributed by atoms with Crippen LogP contribution in [0.4, 0.5) is 0 Å². The molecule has 4 atom stereocenters. The maximum atomic E-state index is 8.65. The number of rotatable bonds is 7. The second-order valence-electron chi connectivity index (χ2n) is 6.22. The van der Waals surface area contributed by atoms with Crippen LogP contribution in [0.2, 0.25) is 0 Å². The SMILES string of the molecule is CCCC(CCC)C([NH-])[C@@H]1C[C@@H](C)C[C@H]1N=C(N)N.[Ac]. The summed E-state index contributed by atoms with van der Waals surface area (Å²) in [6.45, 7) is 6.66. The minimum absolute atomic E-state index is 0. The Kier molecular flexibility index (Phi) is 10.8. The Morgan fingerprint density at radius 2 is 1.75 bits per heavy atom. The fourth-order valence-corrected chi connectivity index (χ4v) is 3.63. The third-order valence-electron chi connectivity index (χ3n) is 4.42. The van der Waals surface area contributed by atoms with Gasteiger partial charge in [-0.25, -0.2) is 0 Å². The second kappa shape index (κ2) is 10.4. The fraction of sp³-hybridized carbons (Fsp3) is 0.933. The van der Waals surface area contributed by atoms with Crippen LogP contribution in [0.5, 0.6) is 0 Å². The topological polar surface area (TPSA) is 88.2 Å². The molecule has 1 aliphatic rings. The molecule has 5 N–H and O–H groups in total. The summed E-state index contributed by atoms with van der Waals surface area (Å²) in [5.74, 6) is 1.65. The predicted octanol–water partition coefficient (Wildman–Crippen LogP) is 3.31. The van der Waals surface area contributed by atoms with E-state index in [9.17, 15) is 0 Å². The van der Waals surface area contributed by atoms with Crippen molar-refractivity contribution < 1.29 is 44.1 Å². The molecule has 1 radical (unpaired) electrons. The molecule has 1 aliphatic carbocycles. The van der Waals surface area contributed by atoms with E-state index in [0.717, 1.165) is 38.5 Å². The minimum atomic E-state index is -0.0158. The third kappa shape index (κ3) is 6.20. The van der Waals surface area contributed by atoms with Crippen molar-refractivity contribution >= 4 is 5.96 Å². The molecule has 1 unspecified atom stereocenters. The Balaban J connectivity index is 0.00000361. The largest absolute Gasteiger partial charge is 0.674 e. The number of guanidine groups is 1. The molecule has 1 saturated carbocycles. The maximum Gasteiger partial charge on any atom is 0.186 e. The van der Waals surface area contributed by atoms with Gasteiger partial charge in [0, 0.05) is 44.1 Å². The van der Waals surface area contributed by atoms with E-state index in [4.69, 9.17) is 17.2 Å². The van der Waals surface area contributed by atoms with Gasteiger partial charge in [-0.1, -0.05) is 52.4 Å². The van der Waals surface area contributed by atoms with E-state index in [2.05, 4.69) is 25.8 Å². The summed E-state index contributed by atoms with van der Waals surface area (Å²) in [7, 11) is 0. The fourth-order valence-electron chi connectivity index (χ4n) is 3.63. The second-order valence-corrected chi connectivity index (χ2v) is 6.22. The first-order valence-electron chi connectivity index (χ1n) is 7.79. The number of nitrogens with one attached hydrogen (secondary N) is 1. The Labute approximate surface area is 160 Å². The van der Waals surface area contributed by atoms with Crippen molar-refractivity contribution in [3.8, 4) is 0 Å². The summed E-state index contributed by atoms with van der Waals surface area (Å²) in [5, 5.41) is 0. The van der Waals surface area contributed by atoms with Gasteiger partial charge in [-0.15, -0.1) is 6.04 Å². The van der Waals surface area contributed by atoms with Crippen LogP contribution in [-0.2, 0) is 0 Å². The molecule has 115 valence electrons. The van der Waals surface area contributed by atoms with Gasteiger partial charge in [0.1, 0.15) is 0 Å². The van der Waals surface area contributed by atoms with Crippen LogP contribution in [-0.4, -0.2) is 18.0 Å².